The van der Waals surface area contributed by atoms with Crippen LogP contribution in [0.4, 0.5) is 0 Å². The van der Waals surface area contributed by atoms with Gasteiger partial charge in [-0.1, -0.05) is 0 Å². The van der Waals surface area contributed by atoms with Crippen molar-refractivity contribution in [3.63, 3.8) is 0 Å². The lowest BCUT2D eigenvalue weighted by Crippen LogP contribution is -2.37. The van der Waals surface area contributed by atoms with Gasteiger partial charge in [-0.3, -0.25) is 0 Å². The molecule has 5 nitrogen and oxygen atoms in total. The smallest absolute Gasteiger partial charge is 0.208 e. The predicted octanol–water partition coefficient (Wildman–Crippen LogP) is -0.571. The lowest BCUT2D eigenvalue weighted by Gasteiger charge is -2.16. The van der Waals surface area contributed by atoms with Gasteiger partial charge in [-0.25, -0.2) is 13.1 Å². The van der Waals surface area contributed by atoms with Crippen LogP contribution in [0.1, 0.15) is 25.7 Å². The molecule has 1 aliphatic carbocycles. The number of aliphatic hydroxyl groups excluding tert-OH is 1. The first kappa shape index (κ1) is 12.9. The summed E-state index contributed by atoms with van der Waals surface area (Å²) in [5, 5.41) is 12.7. The Morgan fingerprint density at radius 1 is 1.33 bits per heavy atom. The molecule has 90 valence electrons. The number of hydrogen-bond donors (Lipinski definition) is 3. The van der Waals surface area contributed by atoms with Gasteiger partial charge < -0.3 is 10.4 Å². The molecular formula is C9H20N2O3S. The third-order valence-corrected chi connectivity index (χ3v) is 3.33. The topological polar surface area (TPSA) is 78.4 Å². The van der Waals surface area contributed by atoms with Crippen molar-refractivity contribution in [3.05, 3.63) is 0 Å². The van der Waals surface area contributed by atoms with Crippen LogP contribution in [0.25, 0.3) is 0 Å². The van der Waals surface area contributed by atoms with Gasteiger partial charge in [0.05, 0.1) is 12.4 Å². The Bertz CT molecular complexity index is 279. The lowest BCUT2D eigenvalue weighted by atomic mass is 10.2. The van der Waals surface area contributed by atoms with Crippen molar-refractivity contribution in [1.82, 2.24) is 10.0 Å². The van der Waals surface area contributed by atoms with Crippen molar-refractivity contribution in [2.75, 3.05) is 19.3 Å². The van der Waals surface area contributed by atoms with E-state index in [4.69, 9.17) is 0 Å². The minimum atomic E-state index is -3.06. The first-order valence-corrected chi connectivity index (χ1v) is 7.24. The fourth-order valence-electron chi connectivity index (χ4n) is 1.81. The SMILES string of the molecule is CS(=O)(=O)NCCCN[C@@H]1CCC[C@H]1O. The summed E-state index contributed by atoms with van der Waals surface area (Å²) in [5.74, 6) is 0. The highest BCUT2D eigenvalue weighted by Crippen LogP contribution is 2.18. The molecule has 1 fully saturated rings. The summed E-state index contributed by atoms with van der Waals surface area (Å²) in [7, 11) is -3.06. The van der Waals surface area contributed by atoms with Crippen molar-refractivity contribution in [3.8, 4) is 0 Å². The van der Waals surface area contributed by atoms with Gasteiger partial charge in [0.2, 0.25) is 10.0 Å². The van der Waals surface area contributed by atoms with Crippen LogP contribution < -0.4 is 10.0 Å². The zero-order chi connectivity index (χ0) is 11.3. The summed E-state index contributed by atoms with van der Waals surface area (Å²) in [6.07, 6.45) is 4.63. The van der Waals surface area contributed by atoms with Gasteiger partial charge in [-0.15, -0.1) is 0 Å². The normalized spacial score (nSPS) is 27.1. The van der Waals surface area contributed by atoms with E-state index in [2.05, 4.69) is 10.0 Å². The van der Waals surface area contributed by atoms with Crippen molar-refractivity contribution < 1.29 is 13.5 Å². The Hall–Kier alpha value is -0.170. The van der Waals surface area contributed by atoms with Gasteiger partial charge in [0.25, 0.3) is 0 Å². The van der Waals surface area contributed by atoms with E-state index < -0.39 is 10.0 Å². The Balaban J connectivity index is 2.02. The summed E-state index contributed by atoms with van der Waals surface area (Å²) < 4.78 is 23.9. The van der Waals surface area contributed by atoms with E-state index in [9.17, 15) is 13.5 Å². The molecule has 0 heterocycles. The third-order valence-electron chi connectivity index (χ3n) is 2.60. The standard InChI is InChI=1S/C9H20N2O3S/c1-15(13,14)11-7-3-6-10-8-4-2-5-9(8)12/h8-12H,2-7H2,1H3/t8-,9-/m1/s1. The maximum Gasteiger partial charge on any atom is 0.208 e. The van der Waals surface area contributed by atoms with Crippen LogP contribution in [0.2, 0.25) is 0 Å². The molecule has 0 spiro atoms. The second-order valence-corrected chi connectivity index (χ2v) is 5.91. The first-order chi connectivity index (χ1) is 6.99. The zero-order valence-corrected chi connectivity index (χ0v) is 9.89. The van der Waals surface area contributed by atoms with E-state index in [1.54, 1.807) is 0 Å². The molecular weight excluding hydrogens is 216 g/mol. The van der Waals surface area contributed by atoms with E-state index in [0.29, 0.717) is 6.54 Å². The Labute approximate surface area is 91.3 Å². The maximum atomic E-state index is 10.7. The van der Waals surface area contributed by atoms with Crippen LogP contribution >= 0.6 is 0 Å². The van der Waals surface area contributed by atoms with E-state index in [0.717, 1.165) is 38.5 Å². The third kappa shape index (κ3) is 5.46. The second-order valence-electron chi connectivity index (χ2n) is 4.08. The molecule has 0 aromatic carbocycles. The molecule has 2 atom stereocenters. The minimum Gasteiger partial charge on any atom is -0.392 e. The van der Waals surface area contributed by atoms with Crippen LogP contribution in [0, 0.1) is 0 Å². The Morgan fingerprint density at radius 3 is 2.60 bits per heavy atom. The molecule has 0 amide bonds. The number of hydrogen-bond acceptors (Lipinski definition) is 4. The maximum absolute atomic E-state index is 10.7. The number of aliphatic hydroxyl groups is 1. The Kier molecular flexibility index (Phi) is 4.98. The van der Waals surface area contributed by atoms with Crippen LogP contribution in [-0.4, -0.2) is 45.0 Å². The van der Waals surface area contributed by atoms with E-state index in [1.807, 2.05) is 0 Å². The molecule has 0 bridgehead atoms. The molecule has 15 heavy (non-hydrogen) atoms. The van der Waals surface area contributed by atoms with Crippen molar-refractivity contribution in [1.29, 1.82) is 0 Å². The molecule has 0 saturated heterocycles. The highest BCUT2D eigenvalue weighted by Gasteiger charge is 2.23. The molecule has 1 rings (SSSR count). The van der Waals surface area contributed by atoms with E-state index in [-0.39, 0.29) is 12.1 Å². The average Bonchev–Trinajstić information content (AvgIpc) is 2.49. The minimum absolute atomic E-state index is 0.197. The predicted molar refractivity (Wildman–Crippen MR) is 59.1 cm³/mol. The van der Waals surface area contributed by atoms with Crippen LogP contribution in [-0.2, 0) is 10.0 Å². The van der Waals surface area contributed by atoms with Crippen LogP contribution in [0.3, 0.4) is 0 Å². The highest BCUT2D eigenvalue weighted by molar-refractivity contribution is 7.88. The molecule has 0 aliphatic heterocycles. The van der Waals surface area contributed by atoms with Gasteiger partial charge in [-0.05, 0) is 32.2 Å². The average molecular weight is 236 g/mol. The number of nitrogens with one attached hydrogen (secondary N) is 2. The summed E-state index contributed by atoms with van der Waals surface area (Å²) in [6.45, 7) is 1.19. The fourth-order valence-corrected chi connectivity index (χ4v) is 2.33. The quantitative estimate of drug-likeness (QED) is 0.540. The van der Waals surface area contributed by atoms with Gasteiger partial charge in [0.15, 0.2) is 0 Å². The fraction of sp³-hybridized carbons (Fsp3) is 1.00. The van der Waals surface area contributed by atoms with E-state index >= 15 is 0 Å². The summed E-state index contributed by atoms with van der Waals surface area (Å²) in [4.78, 5) is 0. The van der Waals surface area contributed by atoms with Gasteiger partial charge in [0, 0.05) is 12.6 Å². The van der Waals surface area contributed by atoms with Crippen molar-refractivity contribution in [2.24, 2.45) is 0 Å². The second kappa shape index (κ2) is 5.79. The molecule has 0 unspecified atom stereocenters. The van der Waals surface area contributed by atoms with E-state index in [1.165, 1.54) is 0 Å². The first-order valence-electron chi connectivity index (χ1n) is 5.35. The van der Waals surface area contributed by atoms with Crippen molar-refractivity contribution in [2.45, 2.75) is 37.8 Å². The molecule has 1 aliphatic rings. The molecule has 3 N–H and O–H groups in total. The monoisotopic (exact) mass is 236 g/mol. The molecule has 1 saturated carbocycles. The zero-order valence-electron chi connectivity index (χ0n) is 9.07. The number of rotatable bonds is 6. The Morgan fingerprint density at radius 2 is 2.07 bits per heavy atom. The van der Waals surface area contributed by atoms with Gasteiger partial charge in [-0.2, -0.15) is 0 Å². The molecule has 0 aromatic rings. The lowest BCUT2D eigenvalue weighted by molar-refractivity contribution is 0.149. The van der Waals surface area contributed by atoms with Gasteiger partial charge >= 0.3 is 0 Å². The summed E-state index contributed by atoms with van der Waals surface area (Å²) >= 11 is 0. The largest absolute Gasteiger partial charge is 0.392 e. The van der Waals surface area contributed by atoms with Crippen LogP contribution in [0.15, 0.2) is 0 Å². The summed E-state index contributed by atoms with van der Waals surface area (Å²) in [6, 6.07) is 0.197. The molecule has 0 aromatic heterocycles. The van der Waals surface area contributed by atoms with Crippen LogP contribution in [0.5, 0.6) is 0 Å². The molecule has 6 heteroatoms. The van der Waals surface area contributed by atoms with Gasteiger partial charge in [0.1, 0.15) is 0 Å². The van der Waals surface area contributed by atoms with Crippen molar-refractivity contribution >= 4 is 10.0 Å². The number of sulfonamides is 1. The highest BCUT2D eigenvalue weighted by atomic mass is 32.2. The molecule has 0 radical (unpaired) electrons. The summed E-state index contributed by atoms with van der Waals surface area (Å²) in [5.41, 5.74) is 0.